The predicted octanol–water partition coefficient (Wildman–Crippen LogP) is 3.42. The molecule has 1 atom stereocenters. The fraction of sp³-hybridized carbons (Fsp3) is 0.333. The minimum Gasteiger partial charge on any atom is -0.350 e. The predicted molar refractivity (Wildman–Crippen MR) is 112 cm³/mol. The fourth-order valence-corrected chi connectivity index (χ4v) is 3.73. The van der Waals surface area contributed by atoms with Gasteiger partial charge >= 0.3 is 0 Å². The van der Waals surface area contributed by atoms with Crippen molar-refractivity contribution in [3.05, 3.63) is 64.7 Å². The van der Waals surface area contributed by atoms with Gasteiger partial charge in [-0.2, -0.15) is 4.98 Å². The number of carbonyl (C=O) groups is 1. The Labute approximate surface area is 177 Å². The minimum atomic E-state index is -0.0404. The highest BCUT2D eigenvalue weighted by atomic mass is 79.9. The Morgan fingerprint density at radius 2 is 2.10 bits per heavy atom. The van der Waals surface area contributed by atoms with Gasteiger partial charge in [-0.15, -0.1) is 0 Å². The number of pyridine rings is 1. The van der Waals surface area contributed by atoms with Crippen LogP contribution in [0.25, 0.3) is 11.4 Å². The third-order valence-electron chi connectivity index (χ3n) is 4.98. The van der Waals surface area contributed by atoms with Gasteiger partial charge in [0.25, 0.3) is 0 Å². The Morgan fingerprint density at radius 1 is 1.24 bits per heavy atom. The molecule has 0 aliphatic carbocycles. The number of benzene rings is 1. The van der Waals surface area contributed by atoms with E-state index in [1.165, 1.54) is 0 Å². The molecule has 0 spiro atoms. The van der Waals surface area contributed by atoms with E-state index in [4.69, 9.17) is 4.52 Å². The van der Waals surface area contributed by atoms with E-state index in [0.717, 1.165) is 35.1 Å². The maximum Gasteiger partial charge on any atom is 0.241 e. The molecular formula is C21H22BrN5O2. The molecule has 4 rings (SSSR count). The van der Waals surface area contributed by atoms with E-state index in [9.17, 15) is 4.79 Å². The highest BCUT2D eigenvalue weighted by Gasteiger charge is 2.26. The van der Waals surface area contributed by atoms with Crippen LogP contribution in [0.5, 0.6) is 0 Å². The standard InChI is InChI=1S/C21H22BrN5O2/c22-17-8-6-15(7-9-17)20-25-19(29-26-20)14-27-11-3-4-16(13-27)21(28)24-12-18-5-1-2-10-23-18/h1-2,5-10,16H,3-4,11-14H2,(H,24,28). The number of aromatic nitrogens is 3. The van der Waals surface area contributed by atoms with Crippen LogP contribution in [0.3, 0.4) is 0 Å². The number of carbonyl (C=O) groups excluding carboxylic acids is 1. The van der Waals surface area contributed by atoms with Gasteiger partial charge in [0.2, 0.25) is 17.6 Å². The molecule has 150 valence electrons. The maximum absolute atomic E-state index is 12.6. The molecule has 1 amide bonds. The normalized spacial score (nSPS) is 17.2. The van der Waals surface area contributed by atoms with Crippen LogP contribution in [-0.4, -0.2) is 39.0 Å². The Kier molecular flexibility index (Phi) is 6.31. The van der Waals surface area contributed by atoms with E-state index < -0.39 is 0 Å². The monoisotopic (exact) mass is 455 g/mol. The van der Waals surface area contributed by atoms with Crippen LogP contribution in [0.4, 0.5) is 0 Å². The lowest BCUT2D eigenvalue weighted by Crippen LogP contribution is -2.42. The van der Waals surface area contributed by atoms with Crippen molar-refractivity contribution in [2.24, 2.45) is 5.92 Å². The quantitative estimate of drug-likeness (QED) is 0.612. The number of hydrogen-bond acceptors (Lipinski definition) is 6. The first-order valence-electron chi connectivity index (χ1n) is 9.66. The second-order valence-electron chi connectivity index (χ2n) is 7.13. The lowest BCUT2D eigenvalue weighted by atomic mass is 9.97. The molecule has 3 heterocycles. The third-order valence-corrected chi connectivity index (χ3v) is 5.50. The second kappa shape index (κ2) is 9.28. The minimum absolute atomic E-state index is 0.0404. The summed E-state index contributed by atoms with van der Waals surface area (Å²) in [6, 6.07) is 13.5. The summed E-state index contributed by atoms with van der Waals surface area (Å²) in [6.07, 6.45) is 3.59. The topological polar surface area (TPSA) is 84.2 Å². The van der Waals surface area contributed by atoms with Crippen molar-refractivity contribution in [3.63, 3.8) is 0 Å². The van der Waals surface area contributed by atoms with Gasteiger partial charge in [-0.3, -0.25) is 14.7 Å². The first-order valence-corrected chi connectivity index (χ1v) is 10.4. The summed E-state index contributed by atoms with van der Waals surface area (Å²) in [5, 5.41) is 7.08. The maximum atomic E-state index is 12.6. The molecule has 8 heteroatoms. The zero-order valence-electron chi connectivity index (χ0n) is 15.9. The van der Waals surface area contributed by atoms with Crippen LogP contribution < -0.4 is 5.32 Å². The van der Waals surface area contributed by atoms with E-state index in [0.29, 0.717) is 31.3 Å². The molecule has 7 nitrogen and oxygen atoms in total. The van der Waals surface area contributed by atoms with Crippen molar-refractivity contribution in [3.8, 4) is 11.4 Å². The number of halogens is 1. The SMILES string of the molecule is O=C(NCc1ccccn1)C1CCCN(Cc2nc(-c3ccc(Br)cc3)no2)C1. The van der Waals surface area contributed by atoms with Crippen molar-refractivity contribution in [2.75, 3.05) is 13.1 Å². The van der Waals surface area contributed by atoms with Crippen LogP contribution in [0.1, 0.15) is 24.4 Å². The molecule has 0 bridgehead atoms. The molecule has 29 heavy (non-hydrogen) atoms. The Morgan fingerprint density at radius 3 is 2.90 bits per heavy atom. The average Bonchev–Trinajstić information content (AvgIpc) is 3.22. The van der Waals surface area contributed by atoms with Crippen molar-refractivity contribution < 1.29 is 9.32 Å². The van der Waals surface area contributed by atoms with Crippen LogP contribution in [0, 0.1) is 5.92 Å². The lowest BCUT2D eigenvalue weighted by molar-refractivity contribution is -0.127. The molecule has 2 aromatic heterocycles. The molecule has 3 aromatic rings. The molecule has 1 saturated heterocycles. The molecule has 1 unspecified atom stereocenters. The molecule has 1 aliphatic rings. The second-order valence-corrected chi connectivity index (χ2v) is 8.05. The summed E-state index contributed by atoms with van der Waals surface area (Å²) in [4.78, 5) is 23.5. The Hall–Kier alpha value is -2.58. The van der Waals surface area contributed by atoms with E-state index in [-0.39, 0.29) is 11.8 Å². The van der Waals surface area contributed by atoms with Gasteiger partial charge in [0.05, 0.1) is 24.7 Å². The van der Waals surface area contributed by atoms with Gasteiger partial charge in [0, 0.05) is 22.8 Å². The van der Waals surface area contributed by atoms with E-state index in [1.807, 2.05) is 42.5 Å². The zero-order valence-corrected chi connectivity index (χ0v) is 17.5. The molecule has 0 radical (unpaired) electrons. The number of amides is 1. The Balaban J connectivity index is 1.32. The number of nitrogens with zero attached hydrogens (tertiary/aromatic N) is 4. The van der Waals surface area contributed by atoms with Crippen LogP contribution in [0.15, 0.2) is 57.7 Å². The summed E-state index contributed by atoms with van der Waals surface area (Å²) in [6.45, 7) is 2.61. The number of nitrogens with one attached hydrogen (secondary N) is 1. The summed E-state index contributed by atoms with van der Waals surface area (Å²) >= 11 is 3.42. The molecule has 1 N–H and O–H groups in total. The molecular weight excluding hydrogens is 434 g/mol. The van der Waals surface area contributed by atoms with Gasteiger partial charge in [0.15, 0.2) is 0 Å². The third kappa shape index (κ3) is 5.27. The van der Waals surface area contributed by atoms with E-state index in [2.05, 4.69) is 41.3 Å². The highest BCUT2D eigenvalue weighted by molar-refractivity contribution is 9.10. The van der Waals surface area contributed by atoms with Crippen molar-refractivity contribution in [1.29, 1.82) is 0 Å². The van der Waals surface area contributed by atoms with E-state index >= 15 is 0 Å². The number of rotatable bonds is 6. The van der Waals surface area contributed by atoms with Gasteiger partial charge in [-0.05, 0) is 55.8 Å². The number of piperidine rings is 1. The Bertz CT molecular complexity index is 945. The first kappa shape index (κ1) is 19.7. The summed E-state index contributed by atoms with van der Waals surface area (Å²) in [5.74, 6) is 1.18. The number of hydrogen-bond donors (Lipinski definition) is 1. The largest absolute Gasteiger partial charge is 0.350 e. The summed E-state index contributed by atoms with van der Waals surface area (Å²) in [7, 11) is 0. The molecule has 1 aromatic carbocycles. The molecule has 1 aliphatic heterocycles. The van der Waals surface area contributed by atoms with Gasteiger partial charge in [-0.25, -0.2) is 0 Å². The van der Waals surface area contributed by atoms with Crippen LogP contribution >= 0.6 is 15.9 Å². The number of likely N-dealkylation sites (tertiary alicyclic amines) is 1. The lowest BCUT2D eigenvalue weighted by Gasteiger charge is -2.30. The highest BCUT2D eigenvalue weighted by Crippen LogP contribution is 2.21. The van der Waals surface area contributed by atoms with Crippen molar-refractivity contribution in [1.82, 2.24) is 25.3 Å². The first-order chi connectivity index (χ1) is 14.2. The van der Waals surface area contributed by atoms with Gasteiger partial charge in [0.1, 0.15) is 0 Å². The van der Waals surface area contributed by atoms with Gasteiger partial charge < -0.3 is 9.84 Å². The van der Waals surface area contributed by atoms with Gasteiger partial charge in [-0.1, -0.05) is 27.2 Å². The van der Waals surface area contributed by atoms with Crippen LogP contribution in [0.2, 0.25) is 0 Å². The van der Waals surface area contributed by atoms with Crippen LogP contribution in [-0.2, 0) is 17.9 Å². The molecule has 0 saturated carbocycles. The smallest absolute Gasteiger partial charge is 0.241 e. The fourth-order valence-electron chi connectivity index (χ4n) is 3.46. The van der Waals surface area contributed by atoms with Crippen molar-refractivity contribution in [2.45, 2.75) is 25.9 Å². The van der Waals surface area contributed by atoms with Crippen molar-refractivity contribution >= 4 is 21.8 Å². The zero-order chi connectivity index (χ0) is 20.1. The average molecular weight is 456 g/mol. The molecule has 1 fully saturated rings. The van der Waals surface area contributed by atoms with E-state index in [1.54, 1.807) is 6.20 Å². The summed E-state index contributed by atoms with van der Waals surface area (Å²) < 4.78 is 6.44. The summed E-state index contributed by atoms with van der Waals surface area (Å²) in [5.41, 5.74) is 1.77.